The predicted molar refractivity (Wildman–Crippen MR) is 92.3 cm³/mol. The molecule has 0 aliphatic heterocycles. The SMILES string of the molecule is O=S(Nc1ccc2cc[nH]c2c1)c1ccc2ccccc2c1. The largest absolute Gasteiger partial charge is 0.361 e. The van der Waals surface area contributed by atoms with Gasteiger partial charge in [-0.05, 0) is 46.5 Å². The maximum absolute atomic E-state index is 12.5. The van der Waals surface area contributed by atoms with Crippen molar-refractivity contribution in [2.75, 3.05) is 4.72 Å². The Labute approximate surface area is 130 Å². The highest BCUT2D eigenvalue weighted by Gasteiger charge is 2.06. The van der Waals surface area contributed by atoms with Crippen LogP contribution >= 0.6 is 0 Å². The molecular weight excluding hydrogens is 292 g/mol. The van der Waals surface area contributed by atoms with Crippen molar-refractivity contribution in [3.05, 3.63) is 72.9 Å². The zero-order valence-corrected chi connectivity index (χ0v) is 12.6. The Hall–Kier alpha value is -2.59. The van der Waals surface area contributed by atoms with Crippen LogP contribution in [0.4, 0.5) is 5.69 Å². The van der Waals surface area contributed by atoms with Crippen LogP contribution in [0.15, 0.2) is 77.8 Å². The van der Waals surface area contributed by atoms with Crippen molar-refractivity contribution >= 4 is 38.3 Å². The molecular formula is C18H14N2OS. The second-order valence-electron chi connectivity index (χ2n) is 5.16. The van der Waals surface area contributed by atoms with Gasteiger partial charge < -0.3 is 9.71 Å². The van der Waals surface area contributed by atoms with E-state index in [1.807, 2.05) is 66.9 Å². The fourth-order valence-corrected chi connectivity index (χ4v) is 3.44. The average Bonchev–Trinajstić information content (AvgIpc) is 3.02. The number of aromatic nitrogens is 1. The Bertz CT molecular complexity index is 990. The second-order valence-corrected chi connectivity index (χ2v) is 6.37. The van der Waals surface area contributed by atoms with E-state index in [1.54, 1.807) is 0 Å². The molecule has 1 aromatic heterocycles. The Morgan fingerprint density at radius 2 is 1.64 bits per heavy atom. The molecule has 2 N–H and O–H groups in total. The number of anilines is 1. The summed E-state index contributed by atoms with van der Waals surface area (Å²) in [5.74, 6) is 0. The second kappa shape index (κ2) is 5.31. The minimum absolute atomic E-state index is 0.769. The molecule has 0 saturated carbocycles. The molecule has 4 rings (SSSR count). The molecule has 0 bridgehead atoms. The third-order valence-corrected chi connectivity index (χ3v) is 4.80. The Morgan fingerprint density at radius 3 is 2.55 bits per heavy atom. The van der Waals surface area contributed by atoms with Crippen molar-refractivity contribution in [3.63, 3.8) is 0 Å². The summed E-state index contributed by atoms with van der Waals surface area (Å²) >= 11 is 0. The first-order valence-corrected chi connectivity index (χ1v) is 8.19. The number of aromatic amines is 1. The smallest absolute Gasteiger partial charge is 0.150 e. The van der Waals surface area contributed by atoms with E-state index in [0.29, 0.717) is 0 Å². The monoisotopic (exact) mass is 306 g/mol. The molecule has 0 spiro atoms. The van der Waals surface area contributed by atoms with E-state index in [0.717, 1.165) is 32.3 Å². The van der Waals surface area contributed by atoms with E-state index >= 15 is 0 Å². The molecule has 4 heteroatoms. The van der Waals surface area contributed by atoms with Gasteiger partial charge in [0.15, 0.2) is 0 Å². The van der Waals surface area contributed by atoms with Crippen molar-refractivity contribution in [2.45, 2.75) is 4.90 Å². The lowest BCUT2D eigenvalue weighted by Gasteiger charge is -2.07. The van der Waals surface area contributed by atoms with Crippen molar-refractivity contribution in [3.8, 4) is 0 Å². The molecule has 1 unspecified atom stereocenters. The lowest BCUT2D eigenvalue weighted by Crippen LogP contribution is -2.04. The molecule has 4 aromatic rings. The third kappa shape index (κ3) is 2.38. The molecule has 0 radical (unpaired) electrons. The highest BCUT2D eigenvalue weighted by Crippen LogP contribution is 2.21. The average molecular weight is 306 g/mol. The molecule has 0 fully saturated rings. The zero-order chi connectivity index (χ0) is 14.9. The van der Waals surface area contributed by atoms with Crippen LogP contribution in [0.1, 0.15) is 0 Å². The van der Waals surface area contributed by atoms with Crippen molar-refractivity contribution < 1.29 is 4.21 Å². The van der Waals surface area contributed by atoms with E-state index in [-0.39, 0.29) is 0 Å². The zero-order valence-electron chi connectivity index (χ0n) is 11.7. The van der Waals surface area contributed by atoms with Gasteiger partial charge in [0.25, 0.3) is 0 Å². The van der Waals surface area contributed by atoms with E-state index in [4.69, 9.17) is 0 Å². The van der Waals surface area contributed by atoms with E-state index in [2.05, 4.69) is 15.8 Å². The topological polar surface area (TPSA) is 44.9 Å². The van der Waals surface area contributed by atoms with Crippen LogP contribution in [-0.4, -0.2) is 9.19 Å². The van der Waals surface area contributed by atoms with E-state index in [1.165, 1.54) is 0 Å². The van der Waals surface area contributed by atoms with Gasteiger partial charge in [-0.1, -0.05) is 36.4 Å². The van der Waals surface area contributed by atoms with Gasteiger partial charge in [-0.2, -0.15) is 0 Å². The molecule has 22 heavy (non-hydrogen) atoms. The standard InChI is InChI=1S/C18H14N2OS/c21-22(17-8-6-13-3-1-2-4-15(13)11-17)20-16-7-5-14-9-10-19-18(14)12-16/h1-12,19-20H. The van der Waals surface area contributed by atoms with Gasteiger partial charge in [-0.15, -0.1) is 0 Å². The first-order valence-electron chi connectivity index (χ1n) is 7.04. The number of fused-ring (bicyclic) bond motifs is 2. The maximum Gasteiger partial charge on any atom is 0.150 e. The number of hydrogen-bond acceptors (Lipinski definition) is 1. The van der Waals surface area contributed by atoms with Crippen LogP contribution in [0.3, 0.4) is 0 Å². The van der Waals surface area contributed by atoms with E-state index < -0.39 is 11.0 Å². The van der Waals surface area contributed by atoms with Gasteiger partial charge in [-0.3, -0.25) is 0 Å². The van der Waals surface area contributed by atoms with Gasteiger partial charge in [-0.25, -0.2) is 4.21 Å². The highest BCUT2D eigenvalue weighted by molar-refractivity contribution is 7.86. The molecule has 108 valence electrons. The summed E-state index contributed by atoms with van der Waals surface area (Å²) < 4.78 is 15.6. The number of hydrogen-bond donors (Lipinski definition) is 2. The summed E-state index contributed by atoms with van der Waals surface area (Å²) in [6, 6.07) is 21.9. The number of nitrogens with one attached hydrogen (secondary N) is 2. The van der Waals surface area contributed by atoms with Crippen LogP contribution in [0.25, 0.3) is 21.7 Å². The third-order valence-electron chi connectivity index (χ3n) is 3.70. The highest BCUT2D eigenvalue weighted by atomic mass is 32.2. The molecule has 3 aromatic carbocycles. The van der Waals surface area contributed by atoms with Gasteiger partial charge in [0.2, 0.25) is 0 Å². The molecule has 0 aliphatic carbocycles. The van der Waals surface area contributed by atoms with Crippen molar-refractivity contribution in [1.82, 2.24) is 4.98 Å². The van der Waals surface area contributed by atoms with Gasteiger partial charge >= 0.3 is 0 Å². The van der Waals surface area contributed by atoms with Crippen molar-refractivity contribution in [2.24, 2.45) is 0 Å². The van der Waals surface area contributed by atoms with Crippen molar-refractivity contribution in [1.29, 1.82) is 0 Å². The van der Waals surface area contributed by atoms with Crippen LogP contribution in [0.5, 0.6) is 0 Å². The summed E-state index contributed by atoms with van der Waals surface area (Å²) in [6.45, 7) is 0. The summed E-state index contributed by atoms with van der Waals surface area (Å²) in [4.78, 5) is 3.93. The lowest BCUT2D eigenvalue weighted by molar-refractivity contribution is 0.686. The molecule has 0 amide bonds. The number of rotatable bonds is 3. The normalized spacial score (nSPS) is 12.5. The summed E-state index contributed by atoms with van der Waals surface area (Å²) in [5.41, 5.74) is 1.86. The fourth-order valence-electron chi connectivity index (χ4n) is 2.56. The van der Waals surface area contributed by atoms with Crippen LogP contribution in [0, 0.1) is 0 Å². The van der Waals surface area contributed by atoms with Crippen LogP contribution < -0.4 is 4.72 Å². The van der Waals surface area contributed by atoms with Gasteiger partial charge in [0.1, 0.15) is 11.0 Å². The molecule has 3 nitrogen and oxygen atoms in total. The molecule has 0 aliphatic rings. The molecule has 0 saturated heterocycles. The Balaban J connectivity index is 1.64. The first kappa shape index (κ1) is 13.1. The minimum Gasteiger partial charge on any atom is -0.361 e. The fraction of sp³-hybridized carbons (Fsp3) is 0. The first-order chi connectivity index (χ1) is 10.8. The van der Waals surface area contributed by atoms with E-state index in [9.17, 15) is 4.21 Å². The summed E-state index contributed by atoms with van der Waals surface area (Å²) in [5, 5.41) is 3.38. The van der Waals surface area contributed by atoms with Crippen LogP contribution in [0.2, 0.25) is 0 Å². The van der Waals surface area contributed by atoms with Gasteiger partial charge in [0, 0.05) is 17.4 Å². The minimum atomic E-state index is -1.29. The number of benzene rings is 3. The predicted octanol–water partition coefficient (Wildman–Crippen LogP) is 4.46. The molecule has 1 heterocycles. The molecule has 1 atom stereocenters. The quantitative estimate of drug-likeness (QED) is 0.577. The lowest BCUT2D eigenvalue weighted by atomic mass is 10.1. The summed E-state index contributed by atoms with van der Waals surface area (Å²) in [6.07, 6.45) is 1.90. The maximum atomic E-state index is 12.5. The number of H-pyrrole nitrogens is 1. The Kier molecular flexibility index (Phi) is 3.16. The summed E-state index contributed by atoms with van der Waals surface area (Å²) in [7, 11) is -1.29. The Morgan fingerprint density at radius 1 is 0.818 bits per heavy atom. The van der Waals surface area contributed by atoms with Gasteiger partial charge in [0.05, 0.1) is 4.90 Å². The van der Waals surface area contributed by atoms with Crippen LogP contribution in [-0.2, 0) is 11.0 Å².